The first-order chi connectivity index (χ1) is 9.76. The van der Waals surface area contributed by atoms with E-state index in [9.17, 15) is 0 Å². The van der Waals surface area contributed by atoms with Crippen molar-refractivity contribution in [3.63, 3.8) is 0 Å². The summed E-state index contributed by atoms with van der Waals surface area (Å²) in [6, 6.07) is 14.0. The Morgan fingerprint density at radius 2 is 1.95 bits per heavy atom. The summed E-state index contributed by atoms with van der Waals surface area (Å²) in [5, 5.41) is 1.11. The Labute approximate surface area is 124 Å². The number of rotatable bonds is 6. The Bertz CT molecular complexity index is 533. The smallest absolute Gasteiger partial charge is 0.123 e. The van der Waals surface area contributed by atoms with Crippen molar-refractivity contribution in [1.82, 2.24) is 4.98 Å². The van der Waals surface area contributed by atoms with Gasteiger partial charge in [-0.1, -0.05) is 43.0 Å². The van der Waals surface area contributed by atoms with Crippen molar-refractivity contribution in [3.05, 3.63) is 54.2 Å². The van der Waals surface area contributed by atoms with Crippen LogP contribution >= 0.6 is 11.8 Å². The molecule has 3 nitrogen and oxygen atoms in total. The largest absolute Gasteiger partial charge is 0.496 e. The normalized spacial score (nSPS) is 13.8. The van der Waals surface area contributed by atoms with Gasteiger partial charge in [0, 0.05) is 17.8 Å². The van der Waals surface area contributed by atoms with Gasteiger partial charge >= 0.3 is 0 Å². The van der Waals surface area contributed by atoms with E-state index in [0.717, 1.165) is 22.8 Å². The molecule has 0 bridgehead atoms. The van der Waals surface area contributed by atoms with Gasteiger partial charge in [0.1, 0.15) is 5.75 Å². The molecule has 20 heavy (non-hydrogen) atoms. The summed E-state index contributed by atoms with van der Waals surface area (Å²) in [4.78, 5) is 4.38. The molecule has 0 aliphatic carbocycles. The number of hydrogen-bond acceptors (Lipinski definition) is 4. The van der Waals surface area contributed by atoms with E-state index >= 15 is 0 Å². The van der Waals surface area contributed by atoms with E-state index in [1.54, 1.807) is 25.1 Å². The van der Waals surface area contributed by atoms with E-state index < -0.39 is 0 Å². The molecule has 0 radical (unpaired) electrons. The number of nitrogens with zero attached hydrogens (tertiary/aromatic N) is 1. The maximum Gasteiger partial charge on any atom is 0.123 e. The molecular weight excluding hydrogens is 268 g/mol. The minimum Gasteiger partial charge on any atom is -0.496 e. The SMILES string of the molecule is CCC(N)C(Sc1ccccn1)c1ccccc1OC. The van der Waals surface area contributed by atoms with Crippen molar-refractivity contribution >= 4 is 11.8 Å². The van der Waals surface area contributed by atoms with Crippen LogP contribution in [-0.4, -0.2) is 18.1 Å². The van der Waals surface area contributed by atoms with Crippen LogP contribution in [0.5, 0.6) is 5.75 Å². The molecule has 0 fully saturated rings. The van der Waals surface area contributed by atoms with Crippen LogP contribution in [0, 0.1) is 0 Å². The van der Waals surface area contributed by atoms with E-state index in [2.05, 4.69) is 18.0 Å². The number of benzene rings is 1. The molecule has 1 heterocycles. The van der Waals surface area contributed by atoms with Crippen LogP contribution in [0.25, 0.3) is 0 Å². The molecule has 0 saturated heterocycles. The third-order valence-electron chi connectivity index (χ3n) is 3.19. The fourth-order valence-corrected chi connectivity index (χ4v) is 3.27. The zero-order valence-electron chi connectivity index (χ0n) is 11.8. The highest BCUT2D eigenvalue weighted by Gasteiger charge is 2.23. The van der Waals surface area contributed by atoms with Crippen LogP contribution in [0.1, 0.15) is 24.2 Å². The lowest BCUT2D eigenvalue weighted by atomic mass is 10.0. The predicted molar refractivity (Wildman–Crippen MR) is 84.1 cm³/mol. The summed E-state index contributed by atoms with van der Waals surface area (Å²) in [6.07, 6.45) is 2.71. The first kappa shape index (κ1) is 14.9. The number of ether oxygens (including phenoxy) is 1. The molecule has 2 unspecified atom stereocenters. The highest BCUT2D eigenvalue weighted by atomic mass is 32.2. The molecule has 2 N–H and O–H groups in total. The molecule has 0 saturated carbocycles. The van der Waals surface area contributed by atoms with E-state index in [-0.39, 0.29) is 11.3 Å². The van der Waals surface area contributed by atoms with Gasteiger partial charge in [-0.05, 0) is 24.6 Å². The summed E-state index contributed by atoms with van der Waals surface area (Å²) < 4.78 is 5.47. The lowest BCUT2D eigenvalue weighted by molar-refractivity contribution is 0.407. The van der Waals surface area contributed by atoms with Gasteiger partial charge in [-0.3, -0.25) is 0 Å². The van der Waals surface area contributed by atoms with Gasteiger partial charge in [-0.2, -0.15) is 0 Å². The van der Waals surface area contributed by atoms with Crippen LogP contribution in [0.2, 0.25) is 0 Å². The third kappa shape index (κ3) is 3.52. The first-order valence-corrected chi connectivity index (χ1v) is 7.60. The fourth-order valence-electron chi connectivity index (χ4n) is 2.04. The molecule has 2 atom stereocenters. The van der Waals surface area contributed by atoms with Crippen molar-refractivity contribution in [1.29, 1.82) is 0 Å². The van der Waals surface area contributed by atoms with Gasteiger partial charge in [-0.15, -0.1) is 0 Å². The minimum atomic E-state index is 0.0540. The second-order valence-corrected chi connectivity index (χ2v) is 5.68. The second kappa shape index (κ2) is 7.31. The first-order valence-electron chi connectivity index (χ1n) is 6.72. The van der Waals surface area contributed by atoms with Crippen molar-refractivity contribution < 1.29 is 4.74 Å². The summed E-state index contributed by atoms with van der Waals surface area (Å²) in [6.45, 7) is 2.10. The molecule has 4 heteroatoms. The Kier molecular flexibility index (Phi) is 5.44. The Morgan fingerprint density at radius 3 is 2.60 bits per heavy atom. The highest BCUT2D eigenvalue weighted by Crippen LogP contribution is 2.40. The fraction of sp³-hybridized carbons (Fsp3) is 0.312. The van der Waals surface area contributed by atoms with Gasteiger partial charge in [0.25, 0.3) is 0 Å². The molecule has 106 valence electrons. The number of hydrogen-bond donors (Lipinski definition) is 1. The molecule has 2 aromatic rings. The zero-order valence-corrected chi connectivity index (χ0v) is 12.6. The van der Waals surface area contributed by atoms with Crippen molar-refractivity contribution in [3.8, 4) is 5.75 Å². The van der Waals surface area contributed by atoms with Gasteiger partial charge in [0.15, 0.2) is 0 Å². The molecule has 2 rings (SSSR count). The van der Waals surface area contributed by atoms with Crippen LogP contribution in [0.4, 0.5) is 0 Å². The molecule has 1 aromatic carbocycles. The van der Waals surface area contributed by atoms with E-state index in [1.165, 1.54) is 0 Å². The maximum absolute atomic E-state index is 6.32. The van der Waals surface area contributed by atoms with Crippen molar-refractivity contribution in [2.45, 2.75) is 29.7 Å². The van der Waals surface area contributed by atoms with Gasteiger partial charge in [0.05, 0.1) is 17.4 Å². The van der Waals surface area contributed by atoms with Crippen LogP contribution < -0.4 is 10.5 Å². The maximum atomic E-state index is 6.32. The van der Waals surface area contributed by atoms with Gasteiger partial charge in [0.2, 0.25) is 0 Å². The number of thioether (sulfide) groups is 1. The van der Waals surface area contributed by atoms with Crippen molar-refractivity contribution in [2.75, 3.05) is 7.11 Å². The topological polar surface area (TPSA) is 48.1 Å². The summed E-state index contributed by atoms with van der Waals surface area (Å²) >= 11 is 1.69. The van der Waals surface area contributed by atoms with Crippen LogP contribution in [0.3, 0.4) is 0 Å². The second-order valence-electron chi connectivity index (χ2n) is 4.52. The summed E-state index contributed by atoms with van der Waals surface area (Å²) in [7, 11) is 1.69. The van der Waals surface area contributed by atoms with Gasteiger partial charge in [-0.25, -0.2) is 4.98 Å². The molecular formula is C16H20N2OS. The Balaban J connectivity index is 2.32. The summed E-state index contributed by atoms with van der Waals surface area (Å²) in [5.41, 5.74) is 7.44. The summed E-state index contributed by atoms with van der Waals surface area (Å²) in [5.74, 6) is 0.879. The number of methoxy groups -OCH3 is 1. The van der Waals surface area contributed by atoms with Crippen LogP contribution in [-0.2, 0) is 0 Å². The molecule has 0 aliphatic rings. The Hall–Kier alpha value is -1.52. The quantitative estimate of drug-likeness (QED) is 0.824. The lowest BCUT2D eigenvalue weighted by Crippen LogP contribution is -2.26. The lowest BCUT2D eigenvalue weighted by Gasteiger charge is -2.24. The molecule has 1 aromatic heterocycles. The third-order valence-corrected chi connectivity index (χ3v) is 4.53. The van der Waals surface area contributed by atoms with Crippen molar-refractivity contribution in [2.24, 2.45) is 5.73 Å². The molecule has 0 aliphatic heterocycles. The zero-order chi connectivity index (χ0) is 14.4. The van der Waals surface area contributed by atoms with E-state index in [4.69, 9.17) is 10.5 Å². The average molecular weight is 288 g/mol. The number of aromatic nitrogens is 1. The monoisotopic (exact) mass is 288 g/mol. The number of pyridine rings is 1. The van der Waals surface area contributed by atoms with Crippen LogP contribution in [0.15, 0.2) is 53.7 Å². The molecule has 0 spiro atoms. The van der Waals surface area contributed by atoms with E-state index in [0.29, 0.717) is 0 Å². The highest BCUT2D eigenvalue weighted by molar-refractivity contribution is 7.99. The van der Waals surface area contributed by atoms with E-state index in [1.807, 2.05) is 36.4 Å². The minimum absolute atomic E-state index is 0.0540. The number of para-hydroxylation sites is 1. The van der Waals surface area contributed by atoms with Gasteiger partial charge < -0.3 is 10.5 Å². The standard InChI is InChI=1S/C16H20N2OS/c1-3-13(17)16(20-15-10-6-7-11-18-15)12-8-4-5-9-14(12)19-2/h4-11,13,16H,3,17H2,1-2H3. The molecule has 0 amide bonds. The number of nitrogens with two attached hydrogens (primary N) is 1. The predicted octanol–water partition coefficient (Wildman–Crippen LogP) is 3.66. The Morgan fingerprint density at radius 1 is 1.20 bits per heavy atom. The average Bonchev–Trinajstić information content (AvgIpc) is 2.53.